The smallest absolute Gasteiger partial charge is 0.204 e. The molecule has 0 radical (unpaired) electrons. The highest BCUT2D eigenvalue weighted by molar-refractivity contribution is 7.09. The van der Waals surface area contributed by atoms with Crippen LogP contribution in [0.2, 0.25) is 0 Å². The van der Waals surface area contributed by atoms with Gasteiger partial charge in [-0.2, -0.15) is 0 Å². The topological polar surface area (TPSA) is 63.0 Å². The molecular weight excluding hydrogens is 296 g/mol. The number of thiazole rings is 1. The molecule has 1 aromatic carbocycles. The van der Waals surface area contributed by atoms with Crippen LogP contribution in [-0.2, 0) is 6.54 Å². The number of rotatable bonds is 6. The van der Waals surface area contributed by atoms with Gasteiger partial charge in [0.25, 0.3) is 0 Å². The van der Waals surface area contributed by atoms with Crippen molar-refractivity contribution in [3.63, 3.8) is 0 Å². The number of hydrogen-bond donors (Lipinski definition) is 2. The zero-order valence-electron chi connectivity index (χ0n) is 12.8. The fourth-order valence-corrected chi connectivity index (χ4v) is 3.19. The van der Waals surface area contributed by atoms with Crippen molar-refractivity contribution in [3.05, 3.63) is 40.3 Å². The molecule has 0 bridgehead atoms. The highest BCUT2D eigenvalue weighted by Gasteiger charge is 2.12. The number of hydrogen-bond acceptors (Lipinski definition) is 5. The normalized spacial score (nSPS) is 11.5. The van der Waals surface area contributed by atoms with E-state index in [1.54, 1.807) is 11.3 Å². The molecule has 0 atom stereocenters. The number of fused-ring (bicyclic) bond motifs is 1. The molecule has 0 saturated heterocycles. The number of anilines is 1. The zero-order valence-corrected chi connectivity index (χ0v) is 13.6. The number of benzene rings is 1. The van der Waals surface area contributed by atoms with Gasteiger partial charge in [-0.3, -0.25) is 0 Å². The molecule has 0 aliphatic carbocycles. The molecule has 0 aliphatic rings. The van der Waals surface area contributed by atoms with Gasteiger partial charge in [-0.1, -0.05) is 26.0 Å². The maximum atomic E-state index is 9.04. The second kappa shape index (κ2) is 6.46. The summed E-state index contributed by atoms with van der Waals surface area (Å²) in [5, 5.41) is 15.5. The number of aromatic nitrogens is 3. The second-order valence-corrected chi connectivity index (χ2v) is 6.38. The van der Waals surface area contributed by atoms with E-state index in [4.69, 9.17) is 10.1 Å². The van der Waals surface area contributed by atoms with Gasteiger partial charge in [0.05, 0.1) is 34.9 Å². The lowest BCUT2D eigenvalue weighted by atomic mass is 10.2. The number of para-hydroxylation sites is 2. The molecule has 0 unspecified atom stereocenters. The first-order valence-electron chi connectivity index (χ1n) is 7.43. The van der Waals surface area contributed by atoms with Crippen LogP contribution in [0.25, 0.3) is 11.0 Å². The van der Waals surface area contributed by atoms with Gasteiger partial charge in [-0.25, -0.2) is 9.97 Å². The summed E-state index contributed by atoms with van der Waals surface area (Å²) in [4.78, 5) is 9.31. The van der Waals surface area contributed by atoms with Gasteiger partial charge in [0.15, 0.2) is 0 Å². The molecule has 0 saturated carbocycles. The Morgan fingerprint density at radius 3 is 2.82 bits per heavy atom. The minimum absolute atomic E-state index is 0.0808. The van der Waals surface area contributed by atoms with Gasteiger partial charge in [-0.15, -0.1) is 11.3 Å². The molecule has 0 amide bonds. The third-order valence-corrected chi connectivity index (χ3v) is 4.63. The quantitative estimate of drug-likeness (QED) is 0.733. The van der Waals surface area contributed by atoms with Gasteiger partial charge >= 0.3 is 0 Å². The van der Waals surface area contributed by atoms with Crippen LogP contribution in [0.3, 0.4) is 0 Å². The van der Waals surface area contributed by atoms with Gasteiger partial charge in [0, 0.05) is 17.8 Å². The first-order chi connectivity index (χ1) is 10.7. The van der Waals surface area contributed by atoms with Crippen LogP contribution in [0.1, 0.15) is 30.5 Å². The third-order valence-electron chi connectivity index (χ3n) is 3.43. The van der Waals surface area contributed by atoms with E-state index in [2.05, 4.69) is 40.2 Å². The Hall–Kier alpha value is -1.92. The Morgan fingerprint density at radius 1 is 1.27 bits per heavy atom. The molecule has 5 nitrogen and oxygen atoms in total. The summed E-state index contributed by atoms with van der Waals surface area (Å²) in [7, 11) is 0. The molecule has 6 heteroatoms. The minimum atomic E-state index is 0.0808. The van der Waals surface area contributed by atoms with Crippen LogP contribution < -0.4 is 5.32 Å². The van der Waals surface area contributed by atoms with Gasteiger partial charge in [0.2, 0.25) is 5.95 Å². The maximum absolute atomic E-state index is 9.04. The van der Waals surface area contributed by atoms with Crippen LogP contribution in [0.15, 0.2) is 29.6 Å². The average molecular weight is 316 g/mol. The SMILES string of the molecule is CC(C)c1nc(Cn2c(NCCO)nc3ccccc32)cs1. The Balaban J connectivity index is 1.96. The molecule has 2 aromatic heterocycles. The van der Waals surface area contributed by atoms with E-state index in [9.17, 15) is 0 Å². The number of aliphatic hydroxyl groups excluding tert-OH is 1. The van der Waals surface area contributed by atoms with E-state index in [-0.39, 0.29) is 6.61 Å². The standard InChI is InChI=1S/C16H20N4OS/c1-11(2)15-18-12(10-22-15)9-20-14-6-4-3-5-13(14)19-16(20)17-7-8-21/h3-6,10-11,21H,7-9H2,1-2H3,(H,17,19). The van der Waals surface area contributed by atoms with E-state index in [1.165, 1.54) is 0 Å². The lowest BCUT2D eigenvalue weighted by Gasteiger charge is -2.08. The van der Waals surface area contributed by atoms with Crippen molar-refractivity contribution in [3.8, 4) is 0 Å². The predicted molar refractivity (Wildman–Crippen MR) is 90.6 cm³/mol. The number of nitrogens with one attached hydrogen (secondary N) is 1. The molecule has 0 aliphatic heterocycles. The van der Waals surface area contributed by atoms with Crippen LogP contribution in [0.5, 0.6) is 0 Å². The summed E-state index contributed by atoms with van der Waals surface area (Å²) in [5.74, 6) is 1.22. The first-order valence-corrected chi connectivity index (χ1v) is 8.31. The molecule has 116 valence electrons. The Labute approximate surface area is 133 Å². The van der Waals surface area contributed by atoms with Crippen molar-refractivity contribution in [2.24, 2.45) is 0 Å². The fraction of sp³-hybridized carbons (Fsp3) is 0.375. The lowest BCUT2D eigenvalue weighted by molar-refractivity contribution is 0.310. The summed E-state index contributed by atoms with van der Waals surface area (Å²) in [6.45, 7) is 5.56. The molecule has 0 spiro atoms. The largest absolute Gasteiger partial charge is 0.395 e. The van der Waals surface area contributed by atoms with Crippen LogP contribution in [-0.4, -0.2) is 32.8 Å². The van der Waals surface area contributed by atoms with Crippen molar-refractivity contribution < 1.29 is 5.11 Å². The summed E-state index contributed by atoms with van der Waals surface area (Å²) in [5.41, 5.74) is 3.06. The maximum Gasteiger partial charge on any atom is 0.204 e. The van der Waals surface area contributed by atoms with Crippen LogP contribution >= 0.6 is 11.3 Å². The molecule has 2 N–H and O–H groups in total. The number of aliphatic hydroxyl groups is 1. The van der Waals surface area contributed by atoms with Crippen molar-refractivity contribution in [2.45, 2.75) is 26.3 Å². The molecular formula is C16H20N4OS. The zero-order chi connectivity index (χ0) is 15.5. The minimum Gasteiger partial charge on any atom is -0.395 e. The van der Waals surface area contributed by atoms with E-state index < -0.39 is 0 Å². The fourth-order valence-electron chi connectivity index (χ4n) is 2.36. The third kappa shape index (κ3) is 2.98. The lowest BCUT2D eigenvalue weighted by Crippen LogP contribution is -2.12. The molecule has 22 heavy (non-hydrogen) atoms. The predicted octanol–water partition coefficient (Wildman–Crippen LogP) is 3.07. The second-order valence-electron chi connectivity index (χ2n) is 5.49. The van der Waals surface area contributed by atoms with E-state index in [0.29, 0.717) is 19.0 Å². The Morgan fingerprint density at radius 2 is 2.09 bits per heavy atom. The van der Waals surface area contributed by atoms with Crippen molar-refractivity contribution in [1.29, 1.82) is 0 Å². The van der Waals surface area contributed by atoms with E-state index >= 15 is 0 Å². The highest BCUT2D eigenvalue weighted by atomic mass is 32.1. The van der Waals surface area contributed by atoms with E-state index in [1.807, 2.05) is 18.2 Å². The average Bonchev–Trinajstić information content (AvgIpc) is 3.11. The number of imidazole rings is 1. The first kappa shape index (κ1) is 15.0. The Bertz CT molecular complexity index is 762. The van der Waals surface area contributed by atoms with Crippen LogP contribution in [0.4, 0.5) is 5.95 Å². The molecule has 0 fully saturated rings. The van der Waals surface area contributed by atoms with E-state index in [0.717, 1.165) is 27.7 Å². The summed E-state index contributed by atoms with van der Waals surface area (Å²) in [6.07, 6.45) is 0. The summed E-state index contributed by atoms with van der Waals surface area (Å²) in [6, 6.07) is 8.05. The summed E-state index contributed by atoms with van der Waals surface area (Å²) >= 11 is 1.70. The van der Waals surface area contributed by atoms with Crippen LogP contribution in [0, 0.1) is 0 Å². The van der Waals surface area contributed by atoms with Crippen molar-refractivity contribution >= 4 is 28.3 Å². The van der Waals surface area contributed by atoms with Crippen molar-refractivity contribution in [2.75, 3.05) is 18.5 Å². The molecule has 3 aromatic rings. The van der Waals surface area contributed by atoms with Gasteiger partial charge < -0.3 is 15.0 Å². The monoisotopic (exact) mass is 316 g/mol. The molecule has 2 heterocycles. The Kier molecular flexibility index (Phi) is 4.40. The highest BCUT2D eigenvalue weighted by Crippen LogP contribution is 2.24. The van der Waals surface area contributed by atoms with Gasteiger partial charge in [0.1, 0.15) is 0 Å². The van der Waals surface area contributed by atoms with Gasteiger partial charge in [-0.05, 0) is 12.1 Å². The van der Waals surface area contributed by atoms with Crippen molar-refractivity contribution in [1.82, 2.24) is 14.5 Å². The number of nitrogens with zero attached hydrogens (tertiary/aromatic N) is 3. The molecule has 3 rings (SSSR count). The summed E-state index contributed by atoms with van der Waals surface area (Å²) < 4.78 is 2.12.